The standard InChI is InChI=1S/C20H32N4O3S/c1-3-27-19(25)16-6-4-8-24(15-16)20(21-2)22-14-17(18-7-5-13-28-18)23-9-11-26-12-10-23/h5,7,13,16-17H,3-4,6,8-12,14-15H2,1-2H3,(H,21,22). The van der Waals surface area contributed by atoms with E-state index in [0.717, 1.165) is 58.2 Å². The van der Waals surface area contributed by atoms with Gasteiger partial charge in [-0.2, -0.15) is 0 Å². The van der Waals surface area contributed by atoms with Crippen molar-refractivity contribution in [3.05, 3.63) is 22.4 Å². The van der Waals surface area contributed by atoms with Crippen LogP contribution in [0.25, 0.3) is 0 Å². The van der Waals surface area contributed by atoms with Gasteiger partial charge in [-0.05, 0) is 31.2 Å². The Bertz CT molecular complexity index is 631. The van der Waals surface area contributed by atoms with Crippen LogP contribution in [-0.2, 0) is 14.3 Å². The normalized spacial score (nSPS) is 22.7. The number of esters is 1. The van der Waals surface area contributed by atoms with E-state index in [1.54, 1.807) is 11.3 Å². The predicted octanol–water partition coefficient (Wildman–Crippen LogP) is 1.97. The van der Waals surface area contributed by atoms with Gasteiger partial charge in [-0.15, -0.1) is 11.3 Å². The summed E-state index contributed by atoms with van der Waals surface area (Å²) in [5.74, 6) is 0.704. The minimum Gasteiger partial charge on any atom is -0.466 e. The maximum Gasteiger partial charge on any atom is 0.310 e. The lowest BCUT2D eigenvalue weighted by molar-refractivity contribution is -0.149. The molecule has 2 atom stereocenters. The van der Waals surface area contributed by atoms with Gasteiger partial charge >= 0.3 is 5.97 Å². The van der Waals surface area contributed by atoms with Crippen molar-refractivity contribution >= 4 is 23.3 Å². The fourth-order valence-corrected chi connectivity index (χ4v) is 4.78. The number of aliphatic imine (C=N–C) groups is 1. The van der Waals surface area contributed by atoms with Crippen LogP contribution in [0.1, 0.15) is 30.7 Å². The molecule has 28 heavy (non-hydrogen) atoms. The Kier molecular flexibility index (Phi) is 8.12. The third-order valence-corrected chi connectivity index (χ3v) is 6.34. The molecule has 1 N–H and O–H groups in total. The number of carbonyl (C=O) groups is 1. The Hall–Kier alpha value is -1.64. The molecule has 0 spiro atoms. The molecule has 0 saturated carbocycles. The molecule has 0 aliphatic carbocycles. The number of rotatable bonds is 6. The lowest BCUT2D eigenvalue weighted by Gasteiger charge is -2.37. The molecule has 156 valence electrons. The van der Waals surface area contributed by atoms with Gasteiger partial charge in [-0.25, -0.2) is 0 Å². The first-order valence-electron chi connectivity index (χ1n) is 10.2. The van der Waals surface area contributed by atoms with Crippen molar-refractivity contribution in [2.45, 2.75) is 25.8 Å². The third-order valence-electron chi connectivity index (χ3n) is 5.36. The van der Waals surface area contributed by atoms with E-state index in [4.69, 9.17) is 9.47 Å². The molecular weight excluding hydrogens is 376 g/mol. The minimum atomic E-state index is -0.0903. The average molecular weight is 409 g/mol. The van der Waals surface area contributed by atoms with Crippen molar-refractivity contribution in [2.75, 3.05) is 59.6 Å². The number of nitrogens with zero attached hydrogens (tertiary/aromatic N) is 3. The molecule has 3 rings (SSSR count). The van der Waals surface area contributed by atoms with Gasteiger partial charge in [0.05, 0.1) is 31.8 Å². The molecule has 0 radical (unpaired) electrons. The smallest absolute Gasteiger partial charge is 0.310 e. The highest BCUT2D eigenvalue weighted by Gasteiger charge is 2.29. The van der Waals surface area contributed by atoms with Gasteiger partial charge in [0.25, 0.3) is 0 Å². The summed E-state index contributed by atoms with van der Waals surface area (Å²) in [5, 5.41) is 5.70. The zero-order valence-electron chi connectivity index (χ0n) is 16.9. The predicted molar refractivity (Wildman–Crippen MR) is 112 cm³/mol. The summed E-state index contributed by atoms with van der Waals surface area (Å²) in [6.07, 6.45) is 1.86. The van der Waals surface area contributed by atoms with E-state index in [1.807, 2.05) is 14.0 Å². The summed E-state index contributed by atoms with van der Waals surface area (Å²) < 4.78 is 10.8. The van der Waals surface area contributed by atoms with Crippen LogP contribution in [0.15, 0.2) is 22.5 Å². The summed E-state index contributed by atoms with van der Waals surface area (Å²) >= 11 is 1.79. The minimum absolute atomic E-state index is 0.0698. The fourth-order valence-electron chi connectivity index (χ4n) is 3.92. The van der Waals surface area contributed by atoms with Crippen LogP contribution < -0.4 is 5.32 Å². The molecule has 1 aromatic rings. The average Bonchev–Trinajstić information content (AvgIpc) is 3.27. The van der Waals surface area contributed by atoms with Gasteiger partial charge in [0.2, 0.25) is 0 Å². The molecule has 2 unspecified atom stereocenters. The highest BCUT2D eigenvalue weighted by molar-refractivity contribution is 7.10. The Balaban J connectivity index is 1.62. The zero-order valence-corrected chi connectivity index (χ0v) is 17.7. The van der Waals surface area contributed by atoms with Crippen molar-refractivity contribution in [1.29, 1.82) is 0 Å². The molecule has 3 heterocycles. The molecular formula is C20H32N4O3S. The van der Waals surface area contributed by atoms with Crippen molar-refractivity contribution in [3.63, 3.8) is 0 Å². The molecule has 0 amide bonds. The summed E-state index contributed by atoms with van der Waals surface area (Å²) in [6.45, 7) is 8.10. The number of piperidine rings is 1. The van der Waals surface area contributed by atoms with Crippen molar-refractivity contribution in [2.24, 2.45) is 10.9 Å². The Morgan fingerprint density at radius 1 is 1.43 bits per heavy atom. The molecule has 0 aromatic carbocycles. The Labute approximate surface area is 171 Å². The number of thiophene rings is 1. The topological polar surface area (TPSA) is 66.4 Å². The van der Waals surface area contributed by atoms with Crippen LogP contribution in [0.2, 0.25) is 0 Å². The summed E-state index contributed by atoms with van der Waals surface area (Å²) in [4.78, 5) is 22.7. The first-order chi connectivity index (χ1) is 13.7. The van der Waals surface area contributed by atoms with Crippen molar-refractivity contribution < 1.29 is 14.3 Å². The Morgan fingerprint density at radius 3 is 2.93 bits per heavy atom. The van der Waals surface area contributed by atoms with E-state index in [0.29, 0.717) is 19.2 Å². The van der Waals surface area contributed by atoms with Gasteiger partial charge < -0.3 is 19.7 Å². The van der Waals surface area contributed by atoms with Crippen LogP contribution in [0, 0.1) is 5.92 Å². The van der Waals surface area contributed by atoms with Crippen LogP contribution in [0.5, 0.6) is 0 Å². The van der Waals surface area contributed by atoms with Crippen LogP contribution in [-0.4, -0.2) is 81.3 Å². The van der Waals surface area contributed by atoms with E-state index in [9.17, 15) is 4.79 Å². The number of guanidine groups is 1. The van der Waals surface area contributed by atoms with Gasteiger partial charge in [0.15, 0.2) is 5.96 Å². The van der Waals surface area contributed by atoms with Gasteiger partial charge in [-0.3, -0.25) is 14.7 Å². The molecule has 2 fully saturated rings. The summed E-state index contributed by atoms with van der Waals surface area (Å²) in [7, 11) is 1.81. The lowest BCUT2D eigenvalue weighted by Crippen LogP contribution is -2.50. The van der Waals surface area contributed by atoms with E-state index < -0.39 is 0 Å². The summed E-state index contributed by atoms with van der Waals surface area (Å²) in [5.41, 5.74) is 0. The molecule has 0 bridgehead atoms. The number of nitrogens with one attached hydrogen (secondary N) is 1. The maximum atomic E-state index is 12.2. The number of hydrogen-bond donors (Lipinski definition) is 1. The number of carbonyl (C=O) groups excluding carboxylic acids is 1. The molecule has 2 saturated heterocycles. The second kappa shape index (κ2) is 10.8. The number of ether oxygens (including phenoxy) is 2. The maximum absolute atomic E-state index is 12.2. The third kappa shape index (κ3) is 5.46. The molecule has 2 aliphatic heterocycles. The highest BCUT2D eigenvalue weighted by atomic mass is 32.1. The SMILES string of the molecule is CCOC(=O)C1CCCN(C(=NC)NCC(c2cccs2)N2CCOCC2)C1. The first-order valence-corrected chi connectivity index (χ1v) is 11.1. The van der Waals surface area contributed by atoms with Gasteiger partial charge in [0.1, 0.15) is 0 Å². The van der Waals surface area contributed by atoms with Crippen molar-refractivity contribution in [1.82, 2.24) is 15.1 Å². The fraction of sp³-hybridized carbons (Fsp3) is 0.700. The van der Waals surface area contributed by atoms with Crippen LogP contribution in [0.4, 0.5) is 0 Å². The van der Waals surface area contributed by atoms with Crippen molar-refractivity contribution in [3.8, 4) is 0 Å². The van der Waals surface area contributed by atoms with Crippen LogP contribution in [0.3, 0.4) is 0 Å². The Morgan fingerprint density at radius 2 is 2.25 bits per heavy atom. The van der Waals surface area contributed by atoms with E-state index in [1.165, 1.54) is 4.88 Å². The van der Waals surface area contributed by atoms with E-state index in [2.05, 4.69) is 37.6 Å². The number of hydrogen-bond acceptors (Lipinski definition) is 6. The highest BCUT2D eigenvalue weighted by Crippen LogP contribution is 2.25. The second-order valence-electron chi connectivity index (χ2n) is 7.14. The molecule has 8 heteroatoms. The number of likely N-dealkylation sites (tertiary alicyclic amines) is 1. The zero-order chi connectivity index (χ0) is 19.8. The van der Waals surface area contributed by atoms with Gasteiger partial charge in [0, 0.05) is 44.6 Å². The second-order valence-corrected chi connectivity index (χ2v) is 8.12. The molecule has 7 nitrogen and oxygen atoms in total. The first kappa shape index (κ1) is 21.1. The molecule has 1 aromatic heterocycles. The quantitative estimate of drug-likeness (QED) is 0.441. The van der Waals surface area contributed by atoms with Crippen LogP contribution >= 0.6 is 11.3 Å². The van der Waals surface area contributed by atoms with E-state index >= 15 is 0 Å². The number of morpholine rings is 1. The largest absolute Gasteiger partial charge is 0.466 e. The monoisotopic (exact) mass is 408 g/mol. The van der Waals surface area contributed by atoms with Gasteiger partial charge in [-0.1, -0.05) is 6.07 Å². The summed E-state index contributed by atoms with van der Waals surface area (Å²) in [6, 6.07) is 4.61. The lowest BCUT2D eigenvalue weighted by atomic mass is 9.98. The molecule has 2 aliphatic rings. The van der Waals surface area contributed by atoms with E-state index in [-0.39, 0.29) is 11.9 Å².